The Hall–Kier alpha value is -2.44. The molecule has 18 heavy (non-hydrogen) atoms. The van der Waals surface area contributed by atoms with Gasteiger partial charge in [0.2, 0.25) is 0 Å². The first kappa shape index (κ1) is 10.7. The van der Waals surface area contributed by atoms with E-state index in [0.717, 1.165) is 28.2 Å². The van der Waals surface area contributed by atoms with E-state index < -0.39 is 0 Å². The largest absolute Gasteiger partial charge is 0.353 e. The van der Waals surface area contributed by atoms with Crippen molar-refractivity contribution in [3.63, 3.8) is 0 Å². The summed E-state index contributed by atoms with van der Waals surface area (Å²) < 4.78 is 5.42. The molecule has 1 aromatic carbocycles. The van der Waals surface area contributed by atoms with Gasteiger partial charge in [-0.3, -0.25) is 0 Å². The van der Waals surface area contributed by atoms with Gasteiger partial charge in [-0.25, -0.2) is 0 Å². The van der Waals surface area contributed by atoms with Crippen molar-refractivity contribution in [1.29, 1.82) is 0 Å². The zero-order chi connectivity index (χ0) is 12.4. The van der Waals surface area contributed by atoms with Crippen molar-refractivity contribution >= 4 is 5.57 Å². The van der Waals surface area contributed by atoms with E-state index in [1.807, 2.05) is 61.5 Å². The zero-order valence-electron chi connectivity index (χ0n) is 10.1. The fraction of sp³-hybridized carbons (Fsp3) is 0.0625. The molecule has 0 bridgehead atoms. The van der Waals surface area contributed by atoms with Gasteiger partial charge < -0.3 is 4.52 Å². The van der Waals surface area contributed by atoms with E-state index in [9.17, 15) is 0 Å². The first-order valence-electron chi connectivity index (χ1n) is 5.84. The molecule has 0 unspecified atom stereocenters. The number of nitrogens with zero attached hydrogens (tertiary/aromatic N) is 1. The molecule has 2 heteroatoms. The predicted octanol–water partition coefficient (Wildman–Crippen LogP) is 4.04. The highest BCUT2D eigenvalue weighted by Crippen LogP contribution is 2.27. The van der Waals surface area contributed by atoms with Gasteiger partial charge in [-0.15, -0.1) is 0 Å². The lowest BCUT2D eigenvalue weighted by molar-refractivity contribution is 0.413. The Morgan fingerprint density at radius 2 is 2.00 bits per heavy atom. The molecule has 0 aliphatic heterocycles. The number of hydrogen-bond donors (Lipinski definition) is 0. The van der Waals surface area contributed by atoms with Gasteiger partial charge in [-0.2, -0.15) is 0 Å². The molecule has 0 radical (unpaired) electrons. The van der Waals surface area contributed by atoms with Gasteiger partial charge in [0.05, 0.1) is 11.6 Å². The molecule has 0 N–H and O–H groups in total. The molecular formula is C16H12NO+. The summed E-state index contributed by atoms with van der Waals surface area (Å²) in [4.78, 5) is 0. The van der Waals surface area contributed by atoms with Gasteiger partial charge in [-0.1, -0.05) is 35.5 Å². The minimum atomic E-state index is 0.792. The van der Waals surface area contributed by atoms with E-state index in [1.54, 1.807) is 0 Å². The lowest BCUT2D eigenvalue weighted by Gasteiger charge is -1.94. The summed E-state index contributed by atoms with van der Waals surface area (Å²) in [5.41, 5.74) is 4.11. The molecule has 1 aliphatic carbocycles. The molecule has 0 atom stereocenters. The van der Waals surface area contributed by atoms with E-state index in [2.05, 4.69) is 11.2 Å². The van der Waals surface area contributed by atoms with Crippen molar-refractivity contribution in [2.75, 3.05) is 0 Å². The van der Waals surface area contributed by atoms with Crippen LogP contribution >= 0.6 is 0 Å². The van der Waals surface area contributed by atoms with Crippen LogP contribution in [0.2, 0.25) is 0 Å². The molecule has 1 aliphatic rings. The maximum Gasteiger partial charge on any atom is 0.194 e. The van der Waals surface area contributed by atoms with Gasteiger partial charge in [0, 0.05) is 24.6 Å². The molecule has 1 heterocycles. The second-order valence-corrected chi connectivity index (χ2v) is 4.18. The highest BCUT2D eigenvalue weighted by Gasteiger charge is 2.17. The summed E-state index contributed by atoms with van der Waals surface area (Å²) in [5, 5.41) is 4.12. The Kier molecular flexibility index (Phi) is 2.64. The zero-order valence-corrected chi connectivity index (χ0v) is 10.1. The van der Waals surface area contributed by atoms with E-state index in [-0.39, 0.29) is 0 Å². The van der Waals surface area contributed by atoms with Crippen LogP contribution in [0.4, 0.5) is 0 Å². The van der Waals surface area contributed by atoms with Gasteiger partial charge >= 0.3 is 0 Å². The van der Waals surface area contributed by atoms with E-state index in [0.29, 0.717) is 0 Å². The molecule has 2 nitrogen and oxygen atoms in total. The van der Waals surface area contributed by atoms with E-state index >= 15 is 0 Å². The Balaban J connectivity index is 2.01. The first-order chi connectivity index (χ1) is 8.84. The minimum absolute atomic E-state index is 0.792. The van der Waals surface area contributed by atoms with Crippen LogP contribution in [0, 0.1) is 6.08 Å². The normalized spacial score (nSPS) is 13.8. The standard InChI is InChI=1S/C16H12NO/c1-12-7-5-6-10-14(12)16-11-15(17-18-16)13-8-3-2-4-9-13/h2-4,6-11H,1H3/q+1. The van der Waals surface area contributed by atoms with Crippen LogP contribution in [0.1, 0.15) is 12.7 Å². The SMILES string of the molecule is CC1=C(c2cc(-c3ccccc3)no2)C=C[C+]=C1. The molecule has 1 aromatic heterocycles. The third kappa shape index (κ3) is 1.90. The van der Waals surface area contributed by atoms with E-state index in [4.69, 9.17) is 4.52 Å². The molecule has 0 amide bonds. The molecular weight excluding hydrogens is 222 g/mol. The van der Waals surface area contributed by atoms with Gasteiger partial charge in [-0.05, 0) is 0 Å². The lowest BCUT2D eigenvalue weighted by atomic mass is 10.0. The van der Waals surface area contributed by atoms with E-state index in [1.165, 1.54) is 0 Å². The molecule has 0 saturated heterocycles. The second-order valence-electron chi connectivity index (χ2n) is 4.18. The molecule has 3 rings (SSSR count). The minimum Gasteiger partial charge on any atom is -0.353 e. The number of hydrogen-bond acceptors (Lipinski definition) is 2. The van der Waals surface area contributed by atoms with Crippen LogP contribution in [-0.2, 0) is 0 Å². The average Bonchev–Trinajstić information content (AvgIpc) is 2.90. The topological polar surface area (TPSA) is 26.0 Å². The summed E-state index contributed by atoms with van der Waals surface area (Å²) in [6, 6.07) is 12.0. The molecule has 2 aromatic rings. The summed E-state index contributed by atoms with van der Waals surface area (Å²) in [6.07, 6.45) is 8.86. The van der Waals surface area contributed by atoms with Crippen molar-refractivity contribution in [2.24, 2.45) is 0 Å². The van der Waals surface area contributed by atoms with Crippen LogP contribution in [-0.4, -0.2) is 5.16 Å². The lowest BCUT2D eigenvalue weighted by Crippen LogP contribution is -1.85. The van der Waals surface area contributed by atoms with Crippen LogP contribution < -0.4 is 0 Å². The summed E-state index contributed by atoms with van der Waals surface area (Å²) in [7, 11) is 0. The van der Waals surface area contributed by atoms with Gasteiger partial charge in [0.1, 0.15) is 23.4 Å². The van der Waals surface area contributed by atoms with Gasteiger partial charge in [0.25, 0.3) is 0 Å². The monoisotopic (exact) mass is 234 g/mol. The highest BCUT2D eigenvalue weighted by molar-refractivity contribution is 5.78. The van der Waals surface area contributed by atoms with Crippen molar-refractivity contribution in [3.05, 3.63) is 72.0 Å². The fourth-order valence-corrected chi connectivity index (χ4v) is 1.94. The number of aromatic nitrogens is 1. The van der Waals surface area contributed by atoms with Crippen LogP contribution in [0.5, 0.6) is 0 Å². The summed E-state index contributed by atoms with van der Waals surface area (Å²) >= 11 is 0. The van der Waals surface area contributed by atoms with Crippen molar-refractivity contribution in [2.45, 2.75) is 6.92 Å². The third-order valence-corrected chi connectivity index (χ3v) is 2.92. The van der Waals surface area contributed by atoms with Crippen molar-refractivity contribution < 1.29 is 4.52 Å². The Morgan fingerprint density at radius 1 is 1.17 bits per heavy atom. The number of rotatable bonds is 2. The average molecular weight is 234 g/mol. The summed E-state index contributed by atoms with van der Waals surface area (Å²) in [5.74, 6) is 0.792. The first-order valence-corrected chi connectivity index (χ1v) is 5.84. The van der Waals surface area contributed by atoms with Crippen LogP contribution in [0.15, 0.2) is 64.7 Å². The molecule has 0 saturated carbocycles. The van der Waals surface area contributed by atoms with Crippen molar-refractivity contribution in [1.82, 2.24) is 5.16 Å². The second kappa shape index (κ2) is 4.44. The number of benzene rings is 1. The fourth-order valence-electron chi connectivity index (χ4n) is 1.94. The van der Waals surface area contributed by atoms with Gasteiger partial charge in [0.15, 0.2) is 5.76 Å². The summed E-state index contributed by atoms with van der Waals surface area (Å²) in [6.45, 7) is 2.04. The maximum absolute atomic E-state index is 5.42. The number of allylic oxidation sites excluding steroid dienone is 6. The van der Waals surface area contributed by atoms with Crippen molar-refractivity contribution in [3.8, 4) is 11.3 Å². The third-order valence-electron chi connectivity index (χ3n) is 2.92. The van der Waals surface area contributed by atoms with Crippen LogP contribution in [0.25, 0.3) is 16.8 Å². The highest BCUT2D eigenvalue weighted by atomic mass is 16.5. The molecule has 0 spiro atoms. The molecule has 86 valence electrons. The maximum atomic E-state index is 5.42. The predicted molar refractivity (Wildman–Crippen MR) is 71.5 cm³/mol. The quantitative estimate of drug-likeness (QED) is 0.733. The Morgan fingerprint density at radius 3 is 2.78 bits per heavy atom. The van der Waals surface area contributed by atoms with Crippen LogP contribution in [0.3, 0.4) is 0 Å². The Bertz CT molecular complexity index is 645. The Labute approximate surface area is 106 Å². The molecule has 0 fully saturated rings. The smallest absolute Gasteiger partial charge is 0.194 e.